The number of halogens is 4. The molecule has 0 aliphatic carbocycles. The maximum Gasteiger partial charge on any atom is 0.418 e. The summed E-state index contributed by atoms with van der Waals surface area (Å²) in [6.07, 6.45) is -5.13. The molecule has 2 N–H and O–H groups in total. The number of aryl methyl sites for hydroxylation is 1. The van der Waals surface area contributed by atoms with E-state index in [0.717, 1.165) is 12.1 Å². The zero-order valence-corrected chi connectivity index (χ0v) is 17.0. The molecule has 0 spiro atoms. The number of anilines is 1. The largest absolute Gasteiger partial charge is 0.418 e. The van der Waals surface area contributed by atoms with Crippen LogP contribution in [0.2, 0.25) is 5.02 Å². The topological polar surface area (TPSA) is 114 Å². The third kappa shape index (κ3) is 6.51. The van der Waals surface area contributed by atoms with Gasteiger partial charge in [-0.1, -0.05) is 17.7 Å². The predicted molar refractivity (Wildman–Crippen MR) is 108 cm³/mol. The highest BCUT2D eigenvalue weighted by atomic mass is 35.5. The van der Waals surface area contributed by atoms with Crippen LogP contribution in [0.4, 0.5) is 24.5 Å². The van der Waals surface area contributed by atoms with Crippen molar-refractivity contribution in [3.05, 3.63) is 68.2 Å². The lowest BCUT2D eigenvalue weighted by Gasteiger charge is -2.14. The number of rotatable bonds is 6. The van der Waals surface area contributed by atoms with Crippen molar-refractivity contribution >= 4 is 40.5 Å². The highest BCUT2D eigenvalue weighted by molar-refractivity contribution is 6.30. The molecule has 0 atom stereocenters. The molecule has 0 unspecified atom stereocenters. The van der Waals surface area contributed by atoms with Crippen molar-refractivity contribution < 1.29 is 27.7 Å². The first-order chi connectivity index (χ1) is 14.4. The molecule has 0 aromatic heterocycles. The third-order valence-corrected chi connectivity index (χ3v) is 4.23. The molecule has 2 aromatic carbocycles. The summed E-state index contributed by atoms with van der Waals surface area (Å²) in [5, 5.41) is 16.7. The summed E-state index contributed by atoms with van der Waals surface area (Å²) in [6, 6.07) is 6.78. The van der Waals surface area contributed by atoms with Gasteiger partial charge in [-0.25, -0.2) is 5.43 Å². The van der Waals surface area contributed by atoms with Crippen molar-refractivity contribution in [1.82, 2.24) is 5.43 Å². The van der Waals surface area contributed by atoms with Crippen LogP contribution in [-0.2, 0) is 11.0 Å². The van der Waals surface area contributed by atoms with Gasteiger partial charge in [0.1, 0.15) is 0 Å². The van der Waals surface area contributed by atoms with E-state index in [0.29, 0.717) is 11.6 Å². The minimum absolute atomic E-state index is 0.0192. The number of hydrogen-bond acceptors (Lipinski definition) is 5. The number of amides is 2. The Kier molecular flexibility index (Phi) is 7.34. The Morgan fingerprint density at radius 2 is 1.87 bits per heavy atom. The van der Waals surface area contributed by atoms with Crippen LogP contribution in [0.5, 0.6) is 0 Å². The molecule has 31 heavy (non-hydrogen) atoms. The number of nitrogens with zero attached hydrogens (tertiary/aromatic N) is 2. The predicted octanol–water partition coefficient (Wildman–Crippen LogP) is 4.71. The number of nitro benzene ring substituents is 1. The Morgan fingerprint density at radius 1 is 1.19 bits per heavy atom. The molecule has 0 radical (unpaired) electrons. The molecule has 0 fully saturated rings. The van der Waals surface area contributed by atoms with Gasteiger partial charge in [0, 0.05) is 27.9 Å². The average molecular weight is 457 g/mol. The van der Waals surface area contributed by atoms with Crippen molar-refractivity contribution in [3.63, 3.8) is 0 Å². The van der Waals surface area contributed by atoms with Gasteiger partial charge in [0.2, 0.25) is 5.91 Å². The standard InChI is InChI=1S/C19H16ClF3N4O4/c1-10-3-4-12(8-16(10)27(30)31)18(29)26-25-11(2)7-17(28)24-15-6-5-13(20)9-14(15)19(21,22)23/h3-6,8-9H,7H2,1-2H3,(H,24,28)(H,26,29)/b25-11+. The van der Waals surface area contributed by atoms with Crippen LogP contribution in [0.1, 0.15) is 34.8 Å². The fourth-order valence-corrected chi connectivity index (χ4v) is 2.66. The Labute approximate surface area is 179 Å². The SMILES string of the molecule is C/C(CC(=O)Nc1ccc(Cl)cc1C(F)(F)F)=N\NC(=O)c1ccc(C)c([N+](=O)[O-])c1. The number of hydrogen-bond donors (Lipinski definition) is 2. The minimum Gasteiger partial charge on any atom is -0.325 e. The molecule has 0 heterocycles. The number of nitrogens with one attached hydrogen (secondary N) is 2. The summed E-state index contributed by atoms with van der Waals surface area (Å²) in [7, 11) is 0. The molecule has 0 aliphatic rings. The van der Waals surface area contributed by atoms with Gasteiger partial charge >= 0.3 is 6.18 Å². The van der Waals surface area contributed by atoms with E-state index in [2.05, 4.69) is 15.8 Å². The molecular weight excluding hydrogens is 441 g/mol. The van der Waals surface area contributed by atoms with Gasteiger partial charge in [0.25, 0.3) is 11.6 Å². The fraction of sp³-hybridized carbons (Fsp3) is 0.211. The second-order valence-corrected chi connectivity index (χ2v) is 6.90. The molecule has 0 saturated carbocycles. The number of carbonyl (C=O) groups excluding carboxylic acids is 2. The van der Waals surface area contributed by atoms with Gasteiger partial charge in [-0.05, 0) is 38.1 Å². The quantitative estimate of drug-likeness (QED) is 0.372. The molecule has 164 valence electrons. The highest BCUT2D eigenvalue weighted by Crippen LogP contribution is 2.36. The number of alkyl halides is 3. The Hall–Kier alpha value is -3.47. The number of benzene rings is 2. The lowest BCUT2D eigenvalue weighted by atomic mass is 10.1. The molecule has 2 rings (SSSR count). The summed E-state index contributed by atoms with van der Waals surface area (Å²) >= 11 is 5.59. The van der Waals surface area contributed by atoms with Gasteiger partial charge in [0.15, 0.2) is 0 Å². The highest BCUT2D eigenvalue weighted by Gasteiger charge is 2.34. The van der Waals surface area contributed by atoms with Crippen molar-refractivity contribution in [2.24, 2.45) is 5.10 Å². The Morgan fingerprint density at radius 3 is 2.48 bits per heavy atom. The van der Waals surface area contributed by atoms with Crippen molar-refractivity contribution in [2.75, 3.05) is 5.32 Å². The smallest absolute Gasteiger partial charge is 0.325 e. The molecule has 0 aliphatic heterocycles. The second kappa shape index (κ2) is 9.56. The van der Waals surface area contributed by atoms with Gasteiger partial charge in [0.05, 0.1) is 22.6 Å². The molecule has 2 aromatic rings. The van der Waals surface area contributed by atoms with E-state index in [1.54, 1.807) is 0 Å². The van der Waals surface area contributed by atoms with Crippen LogP contribution < -0.4 is 10.7 Å². The van der Waals surface area contributed by atoms with Gasteiger partial charge in [-0.2, -0.15) is 18.3 Å². The molecule has 2 amide bonds. The molecule has 0 bridgehead atoms. The molecule has 0 saturated heterocycles. The lowest BCUT2D eigenvalue weighted by molar-refractivity contribution is -0.385. The summed E-state index contributed by atoms with van der Waals surface area (Å²) in [4.78, 5) is 34.5. The molecule has 8 nitrogen and oxygen atoms in total. The van der Waals surface area contributed by atoms with E-state index < -0.39 is 40.6 Å². The number of carbonyl (C=O) groups is 2. The molecule has 12 heteroatoms. The zero-order chi connectivity index (χ0) is 23.3. The van der Waals surface area contributed by atoms with Crippen molar-refractivity contribution in [2.45, 2.75) is 26.4 Å². The number of nitro groups is 1. The Balaban J connectivity index is 2.05. The first kappa shape index (κ1) is 23.8. The Bertz CT molecular complexity index is 1070. The summed E-state index contributed by atoms with van der Waals surface area (Å²) in [5.41, 5.74) is 0.786. The van der Waals surface area contributed by atoms with Crippen LogP contribution in [0.25, 0.3) is 0 Å². The van der Waals surface area contributed by atoms with E-state index in [4.69, 9.17) is 11.6 Å². The number of hydrazone groups is 1. The van der Waals surface area contributed by atoms with E-state index in [9.17, 15) is 32.9 Å². The third-order valence-electron chi connectivity index (χ3n) is 3.99. The van der Waals surface area contributed by atoms with Gasteiger partial charge in [-0.3, -0.25) is 19.7 Å². The first-order valence-electron chi connectivity index (χ1n) is 8.63. The van der Waals surface area contributed by atoms with E-state index in [1.165, 1.54) is 32.0 Å². The van der Waals surface area contributed by atoms with Crippen LogP contribution in [0.3, 0.4) is 0 Å². The zero-order valence-electron chi connectivity index (χ0n) is 16.2. The fourth-order valence-electron chi connectivity index (χ4n) is 2.48. The maximum atomic E-state index is 13.1. The summed E-state index contributed by atoms with van der Waals surface area (Å²) < 4.78 is 39.3. The normalized spacial score (nSPS) is 11.7. The van der Waals surface area contributed by atoms with Crippen LogP contribution in [0.15, 0.2) is 41.5 Å². The van der Waals surface area contributed by atoms with Crippen LogP contribution in [0, 0.1) is 17.0 Å². The minimum atomic E-state index is -4.72. The van der Waals surface area contributed by atoms with Gasteiger partial charge < -0.3 is 5.32 Å². The monoisotopic (exact) mass is 456 g/mol. The average Bonchev–Trinajstić information content (AvgIpc) is 2.66. The van der Waals surface area contributed by atoms with Crippen molar-refractivity contribution in [1.29, 1.82) is 0 Å². The second-order valence-electron chi connectivity index (χ2n) is 6.46. The first-order valence-corrected chi connectivity index (χ1v) is 9.01. The maximum absolute atomic E-state index is 13.1. The van der Waals surface area contributed by atoms with Crippen LogP contribution in [-0.4, -0.2) is 22.4 Å². The van der Waals surface area contributed by atoms with E-state index in [-0.39, 0.29) is 22.0 Å². The van der Waals surface area contributed by atoms with E-state index >= 15 is 0 Å². The summed E-state index contributed by atoms with van der Waals surface area (Å²) in [5.74, 6) is -1.55. The van der Waals surface area contributed by atoms with Crippen LogP contribution >= 0.6 is 11.6 Å². The lowest BCUT2D eigenvalue weighted by Crippen LogP contribution is -2.22. The summed E-state index contributed by atoms with van der Waals surface area (Å²) in [6.45, 7) is 2.90. The van der Waals surface area contributed by atoms with E-state index in [1.807, 2.05) is 0 Å². The van der Waals surface area contributed by atoms with Crippen molar-refractivity contribution in [3.8, 4) is 0 Å². The molecular formula is C19H16ClF3N4O4. The van der Waals surface area contributed by atoms with Gasteiger partial charge in [-0.15, -0.1) is 0 Å².